The predicted molar refractivity (Wildman–Crippen MR) is 128 cm³/mol. The van der Waals surface area contributed by atoms with Gasteiger partial charge in [-0.2, -0.15) is 0 Å². The number of phenolic OH excluding ortho intramolecular Hbond substituents is 1. The number of aromatic hydroxyl groups is 1. The molecule has 2 aliphatic rings. The molecule has 28 heavy (non-hydrogen) atoms. The third-order valence-electron chi connectivity index (χ3n) is 5.18. The highest BCUT2D eigenvalue weighted by Crippen LogP contribution is 2.34. The molecule has 3 aromatic rings. The molecule has 2 nitrogen and oxygen atoms in total. The SMILES string of the molecule is CCc1ccccc1Cn1c(SC)cc2c(O)cc(I)cc21.c1cc2ccc1-2. The molecule has 0 amide bonds. The number of nitrogens with zero attached hydrogens (tertiary/aromatic N) is 1. The Morgan fingerprint density at radius 2 is 1.57 bits per heavy atom. The van der Waals surface area contributed by atoms with Crippen LogP contribution >= 0.6 is 34.4 Å². The van der Waals surface area contributed by atoms with Crippen LogP contribution in [0.2, 0.25) is 0 Å². The van der Waals surface area contributed by atoms with E-state index in [1.807, 2.05) is 6.07 Å². The van der Waals surface area contributed by atoms with Gasteiger partial charge in [0.1, 0.15) is 5.75 Å². The Morgan fingerprint density at radius 3 is 2.11 bits per heavy atom. The van der Waals surface area contributed by atoms with Crippen LogP contribution in [0.15, 0.2) is 71.8 Å². The van der Waals surface area contributed by atoms with Crippen LogP contribution in [0.1, 0.15) is 18.1 Å². The van der Waals surface area contributed by atoms with Crippen LogP contribution in [0.4, 0.5) is 0 Å². The Labute approximate surface area is 183 Å². The van der Waals surface area contributed by atoms with Crippen LogP contribution in [0.3, 0.4) is 0 Å². The van der Waals surface area contributed by atoms with Crippen LogP contribution < -0.4 is 0 Å². The number of hydrogen-bond acceptors (Lipinski definition) is 2. The maximum atomic E-state index is 10.2. The Kier molecular flexibility index (Phi) is 5.69. The normalized spacial score (nSPS) is 11.2. The van der Waals surface area contributed by atoms with Crippen molar-refractivity contribution < 1.29 is 5.11 Å². The van der Waals surface area contributed by atoms with E-state index in [2.05, 4.69) is 101 Å². The minimum Gasteiger partial charge on any atom is -0.507 e. The van der Waals surface area contributed by atoms with Crippen LogP contribution in [0, 0.1) is 3.57 Å². The number of aromatic nitrogens is 1. The first-order chi connectivity index (χ1) is 13.6. The van der Waals surface area contributed by atoms with Gasteiger partial charge in [-0.05, 0) is 75.7 Å². The van der Waals surface area contributed by atoms with Crippen molar-refractivity contribution in [2.75, 3.05) is 6.26 Å². The van der Waals surface area contributed by atoms with E-state index in [4.69, 9.17) is 0 Å². The lowest BCUT2D eigenvalue weighted by Gasteiger charge is -2.13. The van der Waals surface area contributed by atoms with Crippen molar-refractivity contribution in [2.24, 2.45) is 0 Å². The minimum atomic E-state index is 0.361. The Bertz CT molecular complexity index is 1110. The highest BCUT2D eigenvalue weighted by atomic mass is 127. The van der Waals surface area contributed by atoms with Crippen molar-refractivity contribution in [1.29, 1.82) is 0 Å². The van der Waals surface area contributed by atoms with E-state index in [1.165, 1.54) is 27.3 Å². The molecule has 0 radical (unpaired) electrons. The maximum absolute atomic E-state index is 10.2. The molecule has 0 spiro atoms. The van der Waals surface area contributed by atoms with Gasteiger partial charge in [0.05, 0.1) is 10.5 Å². The number of aryl methyl sites for hydroxylation is 1. The quantitative estimate of drug-likeness (QED) is 0.214. The summed E-state index contributed by atoms with van der Waals surface area (Å²) in [5, 5.41) is 12.3. The summed E-state index contributed by atoms with van der Waals surface area (Å²) in [6.07, 6.45) is 3.12. The summed E-state index contributed by atoms with van der Waals surface area (Å²) in [6, 6.07) is 23.1. The number of halogens is 1. The summed E-state index contributed by atoms with van der Waals surface area (Å²) in [6.45, 7) is 3.03. The fourth-order valence-electron chi connectivity index (χ4n) is 3.50. The lowest BCUT2D eigenvalue weighted by molar-refractivity contribution is 0.481. The van der Waals surface area contributed by atoms with Gasteiger partial charge in [-0.15, -0.1) is 11.8 Å². The molecule has 0 unspecified atom stereocenters. The number of fused-ring (bicyclic) bond motifs is 2. The standard InChI is InChI=1S/C18H18INOS.C6H4/c1-3-12-6-4-5-7-13(12)11-20-16-8-14(19)9-17(21)15(16)10-18(20)22-2;1-2-6-4-3-5(1)6/h4-10,21H,3,11H2,1-2H3;1-4H. The molecule has 2 aromatic carbocycles. The molecule has 1 heterocycles. The van der Waals surface area contributed by atoms with E-state index in [0.29, 0.717) is 5.75 Å². The fourth-order valence-corrected chi connectivity index (χ4v) is 4.71. The smallest absolute Gasteiger partial charge is 0.126 e. The second-order valence-electron chi connectivity index (χ2n) is 6.83. The van der Waals surface area contributed by atoms with Gasteiger partial charge in [-0.3, -0.25) is 0 Å². The molecule has 1 N–H and O–H groups in total. The number of thioether (sulfide) groups is 1. The topological polar surface area (TPSA) is 25.2 Å². The molecule has 0 aliphatic heterocycles. The van der Waals surface area contributed by atoms with Gasteiger partial charge in [-0.1, -0.05) is 55.5 Å². The largest absolute Gasteiger partial charge is 0.507 e. The van der Waals surface area contributed by atoms with Gasteiger partial charge in [0.25, 0.3) is 0 Å². The van der Waals surface area contributed by atoms with Gasteiger partial charge in [0, 0.05) is 15.5 Å². The van der Waals surface area contributed by atoms with Gasteiger partial charge in [0.2, 0.25) is 0 Å². The van der Waals surface area contributed by atoms with Crippen LogP contribution in [-0.4, -0.2) is 15.9 Å². The molecule has 0 saturated carbocycles. The summed E-state index contributed by atoms with van der Waals surface area (Å²) >= 11 is 3.97. The van der Waals surface area contributed by atoms with Crippen LogP contribution in [0.5, 0.6) is 5.75 Å². The first-order valence-corrected chi connectivity index (χ1v) is 11.6. The summed E-state index contributed by atoms with van der Waals surface area (Å²) in [5.41, 5.74) is 6.67. The second kappa shape index (κ2) is 8.21. The van der Waals surface area contributed by atoms with E-state index >= 15 is 0 Å². The van der Waals surface area contributed by atoms with Crippen molar-refractivity contribution in [3.8, 4) is 16.9 Å². The van der Waals surface area contributed by atoms with Gasteiger partial charge >= 0.3 is 0 Å². The number of hydrogen-bond donors (Lipinski definition) is 1. The molecule has 0 atom stereocenters. The predicted octanol–water partition coefficient (Wildman–Crippen LogP) is 6.95. The number of benzene rings is 3. The monoisotopic (exact) mass is 499 g/mol. The molecule has 142 valence electrons. The van der Waals surface area contributed by atoms with E-state index in [1.54, 1.807) is 11.8 Å². The molecule has 0 saturated heterocycles. The van der Waals surface area contributed by atoms with Gasteiger partial charge in [0.15, 0.2) is 0 Å². The molecule has 2 aliphatic carbocycles. The zero-order valence-corrected chi connectivity index (χ0v) is 18.9. The van der Waals surface area contributed by atoms with Crippen molar-refractivity contribution in [3.05, 3.63) is 81.4 Å². The maximum Gasteiger partial charge on any atom is 0.126 e. The van der Waals surface area contributed by atoms with E-state index in [-0.39, 0.29) is 0 Å². The average molecular weight is 499 g/mol. The van der Waals surface area contributed by atoms with E-state index in [0.717, 1.165) is 27.4 Å². The number of phenols is 1. The fraction of sp³-hybridized carbons (Fsp3) is 0.167. The van der Waals surface area contributed by atoms with Crippen molar-refractivity contribution in [1.82, 2.24) is 4.57 Å². The van der Waals surface area contributed by atoms with Crippen molar-refractivity contribution in [3.63, 3.8) is 0 Å². The van der Waals surface area contributed by atoms with Crippen molar-refractivity contribution >= 4 is 45.3 Å². The molecule has 0 bridgehead atoms. The number of rotatable bonds is 4. The van der Waals surface area contributed by atoms with Crippen LogP contribution in [0.25, 0.3) is 22.0 Å². The Hall–Kier alpha value is -1.92. The van der Waals surface area contributed by atoms with Crippen LogP contribution in [-0.2, 0) is 13.0 Å². The lowest BCUT2D eigenvalue weighted by atomic mass is 9.95. The molecular formula is C24H22INOS. The van der Waals surface area contributed by atoms with Crippen molar-refractivity contribution in [2.45, 2.75) is 24.9 Å². The molecule has 4 heteroatoms. The lowest BCUT2D eigenvalue weighted by Crippen LogP contribution is -2.03. The van der Waals surface area contributed by atoms with Gasteiger partial charge < -0.3 is 9.67 Å². The third kappa shape index (κ3) is 3.67. The van der Waals surface area contributed by atoms with Gasteiger partial charge in [-0.25, -0.2) is 0 Å². The zero-order valence-electron chi connectivity index (χ0n) is 15.9. The minimum absolute atomic E-state index is 0.361. The first kappa shape index (κ1) is 19.4. The highest BCUT2D eigenvalue weighted by Gasteiger charge is 2.13. The summed E-state index contributed by atoms with van der Waals surface area (Å²) in [5.74, 6) is 0.361. The Morgan fingerprint density at radius 1 is 0.929 bits per heavy atom. The third-order valence-corrected chi connectivity index (χ3v) is 6.56. The summed E-state index contributed by atoms with van der Waals surface area (Å²) in [7, 11) is 0. The first-order valence-electron chi connectivity index (χ1n) is 9.33. The molecule has 5 rings (SSSR count). The highest BCUT2D eigenvalue weighted by molar-refractivity contribution is 14.1. The molecule has 0 fully saturated rings. The summed E-state index contributed by atoms with van der Waals surface area (Å²) < 4.78 is 3.36. The Balaban J connectivity index is 0.000000268. The second-order valence-corrected chi connectivity index (χ2v) is 8.90. The summed E-state index contributed by atoms with van der Waals surface area (Å²) in [4.78, 5) is 0. The molecular weight excluding hydrogens is 477 g/mol. The molecule has 1 aromatic heterocycles. The average Bonchev–Trinajstić information content (AvgIpc) is 3.03. The van der Waals surface area contributed by atoms with E-state index in [9.17, 15) is 5.11 Å². The zero-order chi connectivity index (χ0) is 19.7. The van der Waals surface area contributed by atoms with E-state index < -0.39 is 0 Å².